The smallest absolute Gasteiger partial charge is 0.154 e. The van der Waals surface area contributed by atoms with Crippen molar-refractivity contribution in [3.63, 3.8) is 0 Å². The van der Waals surface area contributed by atoms with Crippen LogP contribution in [-0.2, 0) is 7.05 Å². The number of halogens is 1. The molecule has 86 valence electrons. The Morgan fingerprint density at radius 2 is 2.13 bits per heavy atom. The Bertz CT molecular complexity index is 297. The molecule has 0 saturated carbocycles. The first-order valence-electron chi connectivity index (χ1n) is 4.83. The quantitative estimate of drug-likeness (QED) is 0.902. The van der Waals surface area contributed by atoms with Crippen LogP contribution in [0.15, 0.2) is 4.60 Å². The van der Waals surface area contributed by atoms with E-state index in [0.717, 1.165) is 11.4 Å². The van der Waals surface area contributed by atoms with Crippen LogP contribution in [0, 0.1) is 5.92 Å². The van der Waals surface area contributed by atoms with Crippen molar-refractivity contribution in [1.29, 1.82) is 0 Å². The fourth-order valence-corrected chi connectivity index (χ4v) is 2.77. The maximum atomic E-state index is 9.93. The highest BCUT2D eigenvalue weighted by molar-refractivity contribution is 9.10. The maximum absolute atomic E-state index is 9.93. The largest absolute Gasteiger partial charge is 0.386 e. The Labute approximate surface area is 103 Å². The molecule has 1 heterocycles. The van der Waals surface area contributed by atoms with Gasteiger partial charge >= 0.3 is 0 Å². The lowest BCUT2D eigenvalue weighted by Crippen LogP contribution is -2.09. The third-order valence-electron chi connectivity index (χ3n) is 1.87. The molecule has 1 aromatic heterocycles. The molecular formula is C9H16BrN3OS. The Hall–Kier alpha value is -0.0700. The minimum absolute atomic E-state index is 0.511. The summed E-state index contributed by atoms with van der Waals surface area (Å²) in [6, 6.07) is 0. The second kappa shape index (κ2) is 5.86. The van der Waals surface area contributed by atoms with Crippen molar-refractivity contribution in [2.45, 2.75) is 20.0 Å². The standard InChI is InChI=1S/C9H16BrN3OS/c1-6(2)4-15-5-7(14)8-9(10)11-12-13(8)3/h6-7,14H,4-5H2,1-3H3. The van der Waals surface area contributed by atoms with Gasteiger partial charge in [0.25, 0.3) is 0 Å². The molecule has 1 N–H and O–H groups in total. The molecule has 0 aliphatic rings. The molecule has 6 heteroatoms. The van der Waals surface area contributed by atoms with Crippen LogP contribution in [-0.4, -0.2) is 31.6 Å². The second-order valence-electron chi connectivity index (χ2n) is 3.84. The van der Waals surface area contributed by atoms with Gasteiger partial charge in [0.15, 0.2) is 4.60 Å². The van der Waals surface area contributed by atoms with Crippen LogP contribution in [0.2, 0.25) is 0 Å². The first-order valence-corrected chi connectivity index (χ1v) is 6.78. The predicted molar refractivity (Wildman–Crippen MR) is 65.8 cm³/mol. The Balaban J connectivity index is 2.50. The number of aryl methyl sites for hydroxylation is 1. The third-order valence-corrected chi connectivity index (χ3v) is 3.89. The van der Waals surface area contributed by atoms with Crippen molar-refractivity contribution in [3.8, 4) is 0 Å². The molecule has 0 aliphatic heterocycles. The van der Waals surface area contributed by atoms with E-state index in [0.29, 0.717) is 16.3 Å². The van der Waals surface area contributed by atoms with Gasteiger partial charge in [-0.1, -0.05) is 19.1 Å². The zero-order valence-electron chi connectivity index (χ0n) is 9.14. The van der Waals surface area contributed by atoms with E-state index < -0.39 is 6.10 Å². The summed E-state index contributed by atoms with van der Waals surface area (Å²) in [6.07, 6.45) is -0.511. The zero-order chi connectivity index (χ0) is 11.4. The molecule has 0 spiro atoms. The molecule has 1 aromatic rings. The number of nitrogens with zero attached hydrogens (tertiary/aromatic N) is 3. The maximum Gasteiger partial charge on any atom is 0.154 e. The molecule has 1 unspecified atom stereocenters. The first-order chi connectivity index (χ1) is 7.02. The van der Waals surface area contributed by atoms with Crippen molar-refractivity contribution in [2.75, 3.05) is 11.5 Å². The second-order valence-corrected chi connectivity index (χ2v) is 5.66. The van der Waals surface area contributed by atoms with Gasteiger partial charge in [0, 0.05) is 12.8 Å². The minimum atomic E-state index is -0.511. The summed E-state index contributed by atoms with van der Waals surface area (Å²) < 4.78 is 2.23. The van der Waals surface area contributed by atoms with Crippen LogP contribution in [0.4, 0.5) is 0 Å². The van der Waals surface area contributed by atoms with Crippen molar-refractivity contribution >= 4 is 27.7 Å². The van der Waals surface area contributed by atoms with Crippen LogP contribution in [0.1, 0.15) is 25.6 Å². The van der Waals surface area contributed by atoms with Gasteiger partial charge in [0.05, 0.1) is 0 Å². The molecule has 0 fully saturated rings. The molecule has 0 amide bonds. The summed E-state index contributed by atoms with van der Waals surface area (Å²) in [7, 11) is 1.78. The molecular weight excluding hydrogens is 278 g/mol. The highest BCUT2D eigenvalue weighted by atomic mass is 79.9. The van der Waals surface area contributed by atoms with Gasteiger partial charge in [-0.05, 0) is 27.6 Å². The number of hydrogen-bond donors (Lipinski definition) is 1. The number of aliphatic hydroxyl groups excluding tert-OH is 1. The molecule has 15 heavy (non-hydrogen) atoms. The highest BCUT2D eigenvalue weighted by Crippen LogP contribution is 2.24. The summed E-state index contributed by atoms with van der Waals surface area (Å²) in [5.41, 5.74) is 0.742. The van der Waals surface area contributed by atoms with E-state index in [9.17, 15) is 5.11 Å². The first kappa shape index (κ1) is 13.0. The molecule has 0 radical (unpaired) electrons. The van der Waals surface area contributed by atoms with Crippen LogP contribution in [0.5, 0.6) is 0 Å². The monoisotopic (exact) mass is 293 g/mol. The molecule has 0 bridgehead atoms. The molecule has 0 aromatic carbocycles. The van der Waals surface area contributed by atoms with Crippen molar-refractivity contribution in [1.82, 2.24) is 15.0 Å². The lowest BCUT2D eigenvalue weighted by Gasteiger charge is -2.11. The zero-order valence-corrected chi connectivity index (χ0v) is 11.5. The van der Waals surface area contributed by atoms with Gasteiger partial charge in [0.2, 0.25) is 0 Å². The number of aliphatic hydroxyl groups is 1. The Kier molecular flexibility index (Phi) is 5.08. The highest BCUT2D eigenvalue weighted by Gasteiger charge is 2.17. The summed E-state index contributed by atoms with van der Waals surface area (Å²) in [5, 5.41) is 17.6. The summed E-state index contributed by atoms with van der Waals surface area (Å²) in [6.45, 7) is 4.34. The molecule has 1 rings (SSSR count). The third kappa shape index (κ3) is 3.77. The number of rotatable bonds is 5. The van der Waals surface area contributed by atoms with Crippen LogP contribution >= 0.6 is 27.7 Å². The van der Waals surface area contributed by atoms with E-state index in [1.54, 1.807) is 23.5 Å². The SMILES string of the molecule is CC(C)CSCC(O)c1c(Br)nnn1C. The van der Waals surface area contributed by atoms with Crippen LogP contribution in [0.25, 0.3) is 0 Å². The Morgan fingerprint density at radius 1 is 1.47 bits per heavy atom. The Morgan fingerprint density at radius 3 is 2.60 bits per heavy atom. The molecule has 0 aliphatic carbocycles. The van der Waals surface area contributed by atoms with E-state index in [2.05, 4.69) is 40.1 Å². The summed E-state index contributed by atoms with van der Waals surface area (Å²) in [4.78, 5) is 0. The number of thioether (sulfide) groups is 1. The molecule has 1 atom stereocenters. The van der Waals surface area contributed by atoms with E-state index in [1.165, 1.54) is 0 Å². The lowest BCUT2D eigenvalue weighted by molar-refractivity contribution is 0.193. The summed E-state index contributed by atoms with van der Waals surface area (Å²) in [5.74, 6) is 2.38. The van der Waals surface area contributed by atoms with E-state index in [1.807, 2.05) is 0 Å². The van der Waals surface area contributed by atoms with Gasteiger partial charge in [-0.25, -0.2) is 4.68 Å². The minimum Gasteiger partial charge on any atom is -0.386 e. The topological polar surface area (TPSA) is 50.9 Å². The average molecular weight is 294 g/mol. The fraction of sp³-hybridized carbons (Fsp3) is 0.778. The van der Waals surface area contributed by atoms with Crippen molar-refractivity contribution < 1.29 is 5.11 Å². The summed E-state index contributed by atoms with van der Waals surface area (Å²) >= 11 is 5.02. The fourth-order valence-electron chi connectivity index (χ4n) is 1.19. The normalized spacial score (nSPS) is 13.5. The van der Waals surface area contributed by atoms with Crippen molar-refractivity contribution in [3.05, 3.63) is 10.3 Å². The molecule has 4 nitrogen and oxygen atoms in total. The lowest BCUT2D eigenvalue weighted by atomic mass is 10.3. The average Bonchev–Trinajstić information content (AvgIpc) is 2.45. The van der Waals surface area contributed by atoms with E-state index in [4.69, 9.17) is 0 Å². The molecule has 0 saturated heterocycles. The van der Waals surface area contributed by atoms with Crippen LogP contribution in [0.3, 0.4) is 0 Å². The number of hydrogen-bond acceptors (Lipinski definition) is 4. The number of aromatic nitrogens is 3. The van der Waals surface area contributed by atoms with Gasteiger partial charge in [0.1, 0.15) is 11.8 Å². The predicted octanol–water partition coefficient (Wildman–Crippen LogP) is 2.00. The van der Waals surface area contributed by atoms with E-state index in [-0.39, 0.29) is 0 Å². The van der Waals surface area contributed by atoms with Gasteiger partial charge in [-0.15, -0.1) is 5.10 Å². The van der Waals surface area contributed by atoms with Gasteiger partial charge < -0.3 is 5.11 Å². The van der Waals surface area contributed by atoms with E-state index >= 15 is 0 Å². The van der Waals surface area contributed by atoms with Crippen molar-refractivity contribution in [2.24, 2.45) is 13.0 Å². The van der Waals surface area contributed by atoms with Gasteiger partial charge in [-0.3, -0.25) is 0 Å². The van der Waals surface area contributed by atoms with Crippen LogP contribution < -0.4 is 0 Å². The van der Waals surface area contributed by atoms with Gasteiger partial charge in [-0.2, -0.15) is 11.8 Å².